The van der Waals surface area contributed by atoms with Crippen LogP contribution in [0.4, 0.5) is 0 Å². The Morgan fingerprint density at radius 3 is 1.68 bits per heavy atom. The van der Waals surface area contributed by atoms with E-state index in [4.69, 9.17) is 17.9 Å². The SMILES string of the molecule is [2H]c1c([2H])c([2H])c(-c2cc(C(C)(C)C)cc(-c3c([2H])c([2H])c([2H])c([2H])c3[2H])c2-n2[c](=[Pt])n(-c3cc(Oc4ccc5c6c7c(ccc6n(-c6cc(C(C)(C)C)ccn6)c5c4)C(C)(C)C(C)(C)C7(C)C)cc(C(C)(C)C)c3)c3ccccc32)c([2H])c1[2H]. The molecular formula is C69H72N4OPt. The first-order chi connectivity index (χ1) is 39.4. The maximum absolute atomic E-state index is 9.43. The second-order valence-corrected chi connectivity index (χ2v) is 26.1. The second-order valence-electron chi connectivity index (χ2n) is 25.1. The molecule has 0 radical (unpaired) electrons. The van der Waals surface area contributed by atoms with Crippen molar-refractivity contribution in [3.63, 3.8) is 0 Å². The van der Waals surface area contributed by atoms with E-state index in [1.54, 1.807) is 0 Å². The molecule has 75 heavy (non-hydrogen) atoms. The molecule has 0 N–H and O–H groups in total. The third kappa shape index (κ3) is 8.14. The van der Waals surface area contributed by atoms with Gasteiger partial charge in [0, 0.05) is 6.20 Å². The van der Waals surface area contributed by atoms with E-state index in [2.05, 4.69) is 166 Å². The first-order valence-corrected chi connectivity index (χ1v) is 27.0. The van der Waals surface area contributed by atoms with Gasteiger partial charge in [0.05, 0.1) is 0 Å². The van der Waals surface area contributed by atoms with Gasteiger partial charge in [-0.3, -0.25) is 0 Å². The Labute approximate surface area is 469 Å². The standard InChI is InChI=1S/C69H72N4O.Pt/c1-64(2,3)46-34-35-70-60(40-46)73-58-33-32-55-62(68(12,13)69(14,15)67(55,10)11)61(58)52-31-30-50(42-59(52)73)74-51-37-47(65(4,5)6)36-49(41-51)71-43-72(57-29-23-22-28-56(57)71)63-53(44-24-18-16-19-25-44)38-48(66(7,8)9)39-54(63)45-26-20-17-21-27-45;/h16-42H,1-15H3;/i16D,17D,18D,19D,20D,21D,24D,25D,26D,27D;. The molecule has 11 rings (SSSR count). The van der Waals surface area contributed by atoms with Gasteiger partial charge in [-0.15, -0.1) is 0 Å². The van der Waals surface area contributed by atoms with E-state index < -0.39 is 71.3 Å². The number of imidazole rings is 1. The number of rotatable bonds is 7. The molecule has 0 saturated heterocycles. The molecule has 10 aromatic rings. The summed E-state index contributed by atoms with van der Waals surface area (Å²) in [5.74, 6) is 2.00. The van der Waals surface area contributed by atoms with Crippen LogP contribution < -0.4 is 4.74 Å². The van der Waals surface area contributed by atoms with Crippen molar-refractivity contribution >= 4 is 32.8 Å². The van der Waals surface area contributed by atoms with Crippen LogP contribution in [0, 0.1) is 9.22 Å². The van der Waals surface area contributed by atoms with Crippen LogP contribution in [0.1, 0.15) is 145 Å². The van der Waals surface area contributed by atoms with Crippen molar-refractivity contribution in [3.05, 3.63) is 195 Å². The summed E-state index contributed by atoms with van der Waals surface area (Å²) in [6.07, 6.45) is 1.90. The summed E-state index contributed by atoms with van der Waals surface area (Å²) >= 11 is 2.24. The summed E-state index contributed by atoms with van der Waals surface area (Å²) in [5, 5.41) is 2.31. The number of fused-ring (bicyclic) bond motifs is 6. The zero-order chi connectivity index (χ0) is 62.1. The first kappa shape index (κ1) is 39.8. The van der Waals surface area contributed by atoms with E-state index in [0.29, 0.717) is 26.4 Å². The van der Waals surface area contributed by atoms with Crippen LogP contribution in [0.3, 0.4) is 0 Å². The van der Waals surface area contributed by atoms with Crippen LogP contribution >= 0.6 is 0 Å². The van der Waals surface area contributed by atoms with Crippen LogP contribution in [-0.2, 0) is 46.4 Å². The molecule has 3 aromatic heterocycles. The van der Waals surface area contributed by atoms with Crippen LogP contribution in [0.15, 0.2) is 164 Å². The van der Waals surface area contributed by atoms with Gasteiger partial charge in [-0.05, 0) is 38.9 Å². The molecular weight excluding hydrogens is 1100 g/mol. The molecule has 0 atom stereocenters. The number of para-hydroxylation sites is 2. The molecule has 1 aliphatic carbocycles. The Kier molecular flexibility index (Phi) is 9.29. The van der Waals surface area contributed by atoms with Gasteiger partial charge in [0.2, 0.25) is 0 Å². The van der Waals surface area contributed by atoms with Gasteiger partial charge in [-0.2, -0.15) is 0 Å². The first-order valence-electron chi connectivity index (χ1n) is 30.9. The number of benzene rings is 7. The van der Waals surface area contributed by atoms with Crippen molar-refractivity contribution in [2.75, 3.05) is 0 Å². The number of ether oxygens (including phenoxy) is 1. The normalized spacial score (nSPS) is 17.1. The van der Waals surface area contributed by atoms with Crippen molar-refractivity contribution in [2.45, 2.75) is 131 Å². The number of pyridine rings is 1. The number of nitrogens with zero attached hydrogens (tertiary/aromatic N) is 4. The Hall–Kier alpha value is -6.55. The van der Waals surface area contributed by atoms with Gasteiger partial charge in [-0.1, -0.05) is 68.4 Å². The van der Waals surface area contributed by atoms with E-state index in [9.17, 15) is 5.48 Å². The fraction of sp³-hybridized carbons (Fsp3) is 0.304. The van der Waals surface area contributed by atoms with Crippen molar-refractivity contribution in [2.24, 2.45) is 5.41 Å². The van der Waals surface area contributed by atoms with Gasteiger partial charge in [-0.25, -0.2) is 0 Å². The summed E-state index contributed by atoms with van der Waals surface area (Å²) in [5.41, 5.74) is 8.56. The third-order valence-electron chi connectivity index (χ3n) is 16.9. The molecule has 384 valence electrons. The fourth-order valence-corrected chi connectivity index (χ4v) is 12.5. The Balaban J connectivity index is 1.19. The van der Waals surface area contributed by atoms with Crippen LogP contribution in [0.5, 0.6) is 11.5 Å². The molecule has 0 aliphatic heterocycles. The Bertz CT molecular complexity index is 4430. The zero-order valence-electron chi connectivity index (χ0n) is 55.8. The van der Waals surface area contributed by atoms with Gasteiger partial charge in [0.1, 0.15) is 0 Å². The Morgan fingerprint density at radius 2 is 1.09 bits per heavy atom. The monoisotopic (exact) mass is 1180 g/mol. The van der Waals surface area contributed by atoms with Gasteiger partial charge in [0.25, 0.3) is 0 Å². The number of hydrogen-bond donors (Lipinski definition) is 0. The predicted molar refractivity (Wildman–Crippen MR) is 311 cm³/mol. The molecule has 5 nitrogen and oxygen atoms in total. The van der Waals surface area contributed by atoms with Gasteiger partial charge >= 0.3 is 358 Å². The summed E-state index contributed by atoms with van der Waals surface area (Å²) in [6, 6.07) is 27.8. The number of aromatic nitrogens is 4. The topological polar surface area (TPSA) is 36.9 Å². The quantitative estimate of drug-likeness (QED) is 0.159. The minimum atomic E-state index is -0.640. The van der Waals surface area contributed by atoms with E-state index in [1.807, 2.05) is 74.0 Å². The maximum atomic E-state index is 9.43. The molecule has 0 bridgehead atoms. The molecule has 3 heterocycles. The number of hydrogen-bond acceptors (Lipinski definition) is 2. The average molecular weight is 1180 g/mol. The van der Waals surface area contributed by atoms with Crippen molar-refractivity contribution in [1.29, 1.82) is 0 Å². The molecule has 1 aliphatic rings. The third-order valence-corrected chi connectivity index (χ3v) is 17.9. The molecule has 0 saturated carbocycles. The molecule has 0 fully saturated rings. The fourth-order valence-electron chi connectivity index (χ4n) is 11.4. The van der Waals surface area contributed by atoms with Crippen LogP contribution in [-0.4, -0.2) is 18.7 Å². The van der Waals surface area contributed by atoms with E-state index in [-0.39, 0.29) is 49.6 Å². The van der Waals surface area contributed by atoms with Crippen molar-refractivity contribution in [1.82, 2.24) is 18.7 Å². The summed E-state index contributed by atoms with van der Waals surface area (Å²) in [7, 11) is 0. The van der Waals surface area contributed by atoms with E-state index in [0.717, 1.165) is 39.0 Å². The average Bonchev–Trinajstić information content (AvgIpc) is 1.65. The molecule has 7 aromatic carbocycles. The van der Waals surface area contributed by atoms with Gasteiger partial charge < -0.3 is 0 Å². The Morgan fingerprint density at radius 1 is 0.520 bits per heavy atom. The van der Waals surface area contributed by atoms with E-state index in [1.165, 1.54) is 22.1 Å². The predicted octanol–water partition coefficient (Wildman–Crippen LogP) is 18.6. The molecule has 0 amide bonds. The molecule has 0 unspecified atom stereocenters. The zero-order valence-corrected chi connectivity index (χ0v) is 48.1. The summed E-state index contributed by atoms with van der Waals surface area (Å²) in [6.45, 7) is 33.3. The molecule has 6 heteroatoms. The second kappa shape index (κ2) is 17.5. The summed E-state index contributed by atoms with van der Waals surface area (Å²) < 4.78 is 105. The van der Waals surface area contributed by atoms with Crippen LogP contribution in [0.2, 0.25) is 0 Å². The van der Waals surface area contributed by atoms with Crippen LogP contribution in [0.25, 0.3) is 72.3 Å². The van der Waals surface area contributed by atoms with Crippen molar-refractivity contribution in [3.8, 4) is 50.9 Å². The summed E-state index contributed by atoms with van der Waals surface area (Å²) in [4.78, 5) is 5.07. The van der Waals surface area contributed by atoms with Gasteiger partial charge in [0.15, 0.2) is 0 Å². The van der Waals surface area contributed by atoms with E-state index >= 15 is 0 Å². The minimum absolute atomic E-state index is 0.0768. The van der Waals surface area contributed by atoms with Crippen molar-refractivity contribution < 1.29 is 37.8 Å². The molecule has 0 spiro atoms.